The quantitative estimate of drug-likeness (QED) is 0.858. The van der Waals surface area contributed by atoms with E-state index >= 15 is 0 Å². The Morgan fingerprint density at radius 3 is 2.33 bits per heavy atom. The molecule has 0 aliphatic rings. The Kier molecular flexibility index (Phi) is 5.68. The highest BCUT2D eigenvalue weighted by Gasteiger charge is 2.24. The first-order valence-electron chi connectivity index (χ1n) is 7.61. The first kappa shape index (κ1) is 17.7. The maximum Gasteiger partial charge on any atom is 0.328 e. The molecule has 2 aromatic carbocycles. The molecule has 0 unspecified atom stereocenters. The molecule has 0 fully saturated rings. The van der Waals surface area contributed by atoms with Crippen molar-refractivity contribution in [2.75, 3.05) is 7.11 Å². The zero-order valence-electron chi connectivity index (χ0n) is 13.9. The van der Waals surface area contributed by atoms with Gasteiger partial charge in [0.15, 0.2) is 0 Å². The van der Waals surface area contributed by atoms with Crippen LogP contribution < -0.4 is 5.32 Å². The summed E-state index contributed by atoms with van der Waals surface area (Å²) in [6.45, 7) is 3.90. The SMILES string of the molecule is COC(=O)[C@H](Cc1c(C)cccc1C)NC(=O)c1cccc(F)c1. The van der Waals surface area contributed by atoms with E-state index in [0.717, 1.165) is 22.8 Å². The molecule has 0 aliphatic carbocycles. The molecule has 5 heteroatoms. The van der Waals surface area contributed by atoms with E-state index in [2.05, 4.69) is 5.32 Å². The number of rotatable bonds is 5. The third-order valence-corrected chi connectivity index (χ3v) is 3.93. The Labute approximate surface area is 140 Å². The smallest absolute Gasteiger partial charge is 0.328 e. The molecule has 0 heterocycles. The van der Waals surface area contributed by atoms with Crippen LogP contribution in [0.15, 0.2) is 42.5 Å². The predicted molar refractivity (Wildman–Crippen MR) is 89.3 cm³/mol. The Balaban J connectivity index is 2.23. The standard InChI is InChI=1S/C19H20FNO3/c1-12-6-4-7-13(2)16(12)11-17(19(23)24-3)21-18(22)14-8-5-9-15(20)10-14/h4-10,17H,11H2,1-3H3,(H,21,22)/t17-/m0/s1. The van der Waals surface area contributed by atoms with Crippen molar-refractivity contribution < 1.29 is 18.7 Å². The topological polar surface area (TPSA) is 55.4 Å². The number of aryl methyl sites for hydroxylation is 2. The minimum Gasteiger partial charge on any atom is -0.467 e. The normalized spacial score (nSPS) is 11.7. The zero-order chi connectivity index (χ0) is 17.7. The minimum atomic E-state index is -0.842. The van der Waals surface area contributed by atoms with E-state index in [-0.39, 0.29) is 5.56 Å². The van der Waals surface area contributed by atoms with Gasteiger partial charge in [-0.1, -0.05) is 24.3 Å². The van der Waals surface area contributed by atoms with Crippen molar-refractivity contribution in [1.29, 1.82) is 0 Å². The number of esters is 1. The lowest BCUT2D eigenvalue weighted by Crippen LogP contribution is -2.43. The number of hydrogen-bond acceptors (Lipinski definition) is 3. The number of hydrogen-bond donors (Lipinski definition) is 1. The minimum absolute atomic E-state index is 0.158. The fraction of sp³-hybridized carbons (Fsp3) is 0.263. The van der Waals surface area contributed by atoms with Crippen molar-refractivity contribution in [3.8, 4) is 0 Å². The predicted octanol–water partition coefficient (Wildman–Crippen LogP) is 2.96. The van der Waals surface area contributed by atoms with Crippen LogP contribution in [0.2, 0.25) is 0 Å². The maximum absolute atomic E-state index is 13.3. The summed E-state index contributed by atoms with van der Waals surface area (Å²) < 4.78 is 18.1. The van der Waals surface area contributed by atoms with Crippen LogP contribution in [-0.2, 0) is 16.0 Å². The summed E-state index contributed by atoms with van der Waals surface area (Å²) in [6, 6.07) is 10.3. The van der Waals surface area contributed by atoms with Gasteiger partial charge in [0.25, 0.3) is 5.91 Å². The second-order valence-corrected chi connectivity index (χ2v) is 5.63. The van der Waals surface area contributed by atoms with Gasteiger partial charge in [0.2, 0.25) is 0 Å². The van der Waals surface area contributed by atoms with Gasteiger partial charge in [0, 0.05) is 12.0 Å². The first-order valence-corrected chi connectivity index (χ1v) is 7.61. The van der Waals surface area contributed by atoms with Gasteiger partial charge in [-0.3, -0.25) is 4.79 Å². The summed E-state index contributed by atoms with van der Waals surface area (Å²) in [7, 11) is 1.27. The summed E-state index contributed by atoms with van der Waals surface area (Å²) in [4.78, 5) is 24.4. The number of ether oxygens (including phenoxy) is 1. The van der Waals surface area contributed by atoms with Crippen LogP contribution in [0.4, 0.5) is 4.39 Å². The molecule has 0 radical (unpaired) electrons. The summed E-state index contributed by atoms with van der Waals surface area (Å²) in [5.74, 6) is -1.56. The van der Waals surface area contributed by atoms with Crippen LogP contribution in [0.5, 0.6) is 0 Å². The molecule has 0 aromatic heterocycles. The van der Waals surface area contributed by atoms with Crippen molar-refractivity contribution in [2.45, 2.75) is 26.3 Å². The molecule has 2 rings (SSSR count). The van der Waals surface area contributed by atoms with Gasteiger partial charge in [0.05, 0.1) is 7.11 Å². The van der Waals surface area contributed by atoms with Crippen LogP contribution in [0, 0.1) is 19.7 Å². The van der Waals surface area contributed by atoms with E-state index in [1.165, 1.54) is 25.3 Å². The monoisotopic (exact) mass is 329 g/mol. The lowest BCUT2D eigenvalue weighted by atomic mass is 9.96. The fourth-order valence-electron chi connectivity index (χ4n) is 2.58. The molecular weight excluding hydrogens is 309 g/mol. The summed E-state index contributed by atoms with van der Waals surface area (Å²) in [6.07, 6.45) is 0.312. The van der Waals surface area contributed by atoms with Crippen molar-refractivity contribution in [3.05, 3.63) is 70.5 Å². The van der Waals surface area contributed by atoms with Gasteiger partial charge in [-0.15, -0.1) is 0 Å². The average Bonchev–Trinajstić information content (AvgIpc) is 2.56. The molecule has 1 N–H and O–H groups in total. The highest BCUT2D eigenvalue weighted by atomic mass is 19.1. The molecular formula is C19H20FNO3. The Bertz CT molecular complexity index is 738. The lowest BCUT2D eigenvalue weighted by molar-refractivity contribution is -0.142. The molecule has 1 atom stereocenters. The van der Waals surface area contributed by atoms with E-state index in [0.29, 0.717) is 6.42 Å². The van der Waals surface area contributed by atoms with Gasteiger partial charge < -0.3 is 10.1 Å². The van der Waals surface area contributed by atoms with Crippen molar-refractivity contribution >= 4 is 11.9 Å². The van der Waals surface area contributed by atoms with Crippen LogP contribution in [-0.4, -0.2) is 25.0 Å². The van der Waals surface area contributed by atoms with Gasteiger partial charge in [0.1, 0.15) is 11.9 Å². The summed E-state index contributed by atoms with van der Waals surface area (Å²) >= 11 is 0. The van der Waals surface area contributed by atoms with E-state index in [4.69, 9.17) is 4.74 Å². The van der Waals surface area contributed by atoms with Gasteiger partial charge in [-0.25, -0.2) is 9.18 Å². The second-order valence-electron chi connectivity index (χ2n) is 5.63. The second kappa shape index (κ2) is 7.73. The average molecular weight is 329 g/mol. The molecule has 24 heavy (non-hydrogen) atoms. The highest BCUT2D eigenvalue weighted by molar-refractivity contribution is 5.96. The molecule has 126 valence electrons. The third kappa shape index (κ3) is 4.19. The van der Waals surface area contributed by atoms with Crippen LogP contribution >= 0.6 is 0 Å². The number of carbonyl (C=O) groups excluding carboxylic acids is 2. The van der Waals surface area contributed by atoms with E-state index in [1.54, 1.807) is 0 Å². The molecule has 2 aromatic rings. The number of carbonyl (C=O) groups is 2. The number of methoxy groups -OCH3 is 1. The van der Waals surface area contributed by atoms with Gasteiger partial charge >= 0.3 is 5.97 Å². The van der Waals surface area contributed by atoms with E-state index in [1.807, 2.05) is 32.0 Å². The highest BCUT2D eigenvalue weighted by Crippen LogP contribution is 2.16. The third-order valence-electron chi connectivity index (χ3n) is 3.93. The Morgan fingerprint density at radius 1 is 1.12 bits per heavy atom. The molecule has 0 spiro atoms. The van der Waals surface area contributed by atoms with Crippen LogP contribution in [0.1, 0.15) is 27.0 Å². The lowest BCUT2D eigenvalue weighted by Gasteiger charge is -2.19. The Morgan fingerprint density at radius 2 is 1.75 bits per heavy atom. The number of halogens is 1. The van der Waals surface area contributed by atoms with Crippen LogP contribution in [0.25, 0.3) is 0 Å². The largest absolute Gasteiger partial charge is 0.467 e. The Hall–Kier alpha value is -2.69. The zero-order valence-corrected chi connectivity index (χ0v) is 13.9. The van der Waals surface area contributed by atoms with Crippen molar-refractivity contribution in [1.82, 2.24) is 5.32 Å². The van der Waals surface area contributed by atoms with Crippen molar-refractivity contribution in [3.63, 3.8) is 0 Å². The van der Waals surface area contributed by atoms with Crippen molar-refractivity contribution in [2.24, 2.45) is 0 Å². The summed E-state index contributed by atoms with van der Waals surface area (Å²) in [5.41, 5.74) is 3.20. The molecule has 0 saturated carbocycles. The number of benzene rings is 2. The van der Waals surface area contributed by atoms with E-state index < -0.39 is 23.7 Å². The number of nitrogens with one attached hydrogen (secondary N) is 1. The molecule has 0 bridgehead atoms. The molecule has 0 saturated heterocycles. The maximum atomic E-state index is 13.3. The van der Waals surface area contributed by atoms with Crippen LogP contribution in [0.3, 0.4) is 0 Å². The molecule has 4 nitrogen and oxygen atoms in total. The molecule has 1 amide bonds. The molecule has 0 aliphatic heterocycles. The van der Waals surface area contributed by atoms with Gasteiger partial charge in [-0.2, -0.15) is 0 Å². The van der Waals surface area contributed by atoms with E-state index in [9.17, 15) is 14.0 Å². The number of amides is 1. The van der Waals surface area contributed by atoms with Gasteiger partial charge in [-0.05, 0) is 48.7 Å². The summed E-state index contributed by atoms with van der Waals surface area (Å²) in [5, 5.41) is 2.63. The fourth-order valence-corrected chi connectivity index (χ4v) is 2.58. The first-order chi connectivity index (χ1) is 11.4.